The van der Waals surface area contributed by atoms with Gasteiger partial charge in [0.1, 0.15) is 11.2 Å². The molecule has 0 saturated carbocycles. The summed E-state index contributed by atoms with van der Waals surface area (Å²) in [6, 6.07) is 17.6. The molecule has 0 radical (unpaired) electrons. The molecule has 0 unspecified atom stereocenters. The van der Waals surface area contributed by atoms with Gasteiger partial charge in [-0.05, 0) is 64.9 Å². The number of rotatable bonds is 5. The third-order valence-electron chi connectivity index (χ3n) is 7.77. The van der Waals surface area contributed by atoms with E-state index in [1.54, 1.807) is 54.6 Å². The van der Waals surface area contributed by atoms with Crippen LogP contribution < -0.4 is 16.0 Å². The van der Waals surface area contributed by atoms with E-state index in [1.807, 2.05) is 6.07 Å². The number of hydrogen-bond donors (Lipinski definition) is 3. The molecule has 3 N–H and O–H groups in total. The third kappa shape index (κ3) is 4.89. The number of carbonyl (C=O) groups excluding carboxylic acids is 2. The molecule has 0 aliphatic carbocycles. The molecule has 9 heteroatoms. The lowest BCUT2D eigenvalue weighted by molar-refractivity contribution is -0.122. The van der Waals surface area contributed by atoms with E-state index in [-0.39, 0.29) is 17.2 Å². The van der Waals surface area contributed by atoms with Gasteiger partial charge in [-0.15, -0.1) is 0 Å². The molecular formula is C31H29ClFIN4O2. The monoisotopic (exact) mass is 670 g/mol. The van der Waals surface area contributed by atoms with Crippen LogP contribution in [0.15, 0.2) is 60.7 Å². The van der Waals surface area contributed by atoms with E-state index in [0.717, 1.165) is 0 Å². The van der Waals surface area contributed by atoms with Crippen LogP contribution in [0.5, 0.6) is 0 Å². The largest absolute Gasteiger partial charge is 0.325 e. The van der Waals surface area contributed by atoms with Crippen LogP contribution in [0.1, 0.15) is 55.4 Å². The highest BCUT2D eigenvalue weighted by Crippen LogP contribution is 2.57. The lowest BCUT2D eigenvalue weighted by Gasteiger charge is -2.37. The first kappa shape index (κ1) is 28.5. The summed E-state index contributed by atoms with van der Waals surface area (Å²) in [7, 11) is 0. The van der Waals surface area contributed by atoms with Crippen LogP contribution >= 0.6 is 34.2 Å². The predicted molar refractivity (Wildman–Crippen MR) is 163 cm³/mol. The Balaban J connectivity index is 1.72. The van der Waals surface area contributed by atoms with Crippen molar-refractivity contribution in [2.24, 2.45) is 5.41 Å². The zero-order valence-electron chi connectivity index (χ0n) is 22.3. The smallest absolute Gasteiger partial charge is 0.242 e. The summed E-state index contributed by atoms with van der Waals surface area (Å²) in [6.07, 6.45) is 0.549. The minimum absolute atomic E-state index is 0.216. The molecule has 1 fully saturated rings. The van der Waals surface area contributed by atoms with Crippen molar-refractivity contribution in [3.8, 4) is 6.07 Å². The first-order valence-electron chi connectivity index (χ1n) is 13.0. The lowest BCUT2D eigenvalue weighted by atomic mass is 9.62. The average Bonchev–Trinajstić information content (AvgIpc) is 3.38. The fourth-order valence-electron chi connectivity index (χ4n) is 6.18. The van der Waals surface area contributed by atoms with E-state index in [1.165, 1.54) is 0 Å². The molecule has 2 aliphatic heterocycles. The normalized spacial score (nSPS) is 23.5. The van der Waals surface area contributed by atoms with E-state index >= 15 is 4.39 Å². The Morgan fingerprint density at radius 1 is 1.18 bits per heavy atom. The molecule has 206 valence electrons. The summed E-state index contributed by atoms with van der Waals surface area (Å²) in [5.41, 5.74) is 1.57. The molecule has 2 amide bonds. The van der Waals surface area contributed by atoms with Crippen molar-refractivity contribution in [1.82, 2.24) is 5.32 Å². The highest BCUT2D eigenvalue weighted by Gasteiger charge is 2.66. The van der Waals surface area contributed by atoms with Crippen molar-refractivity contribution < 1.29 is 14.0 Å². The Morgan fingerprint density at radius 3 is 2.55 bits per heavy atom. The Labute approximate surface area is 251 Å². The van der Waals surface area contributed by atoms with E-state index < -0.39 is 29.2 Å². The maximum Gasteiger partial charge on any atom is 0.242 e. The maximum atomic E-state index is 16.2. The second-order valence-electron chi connectivity index (χ2n) is 11.6. The number of alkyl halides is 1. The molecule has 1 spiro atoms. The second kappa shape index (κ2) is 10.8. The van der Waals surface area contributed by atoms with Gasteiger partial charge >= 0.3 is 0 Å². The molecular weight excluding hydrogens is 642 g/mol. The SMILES string of the molecule is CC(C)(C)C[C@@H]1N[C@@H](C(=O)Nc2ccc(C#N)cc2)[C@H](c2cccc(CI)c2F)[C@]12C(=O)Nc1cc(Cl)ccc12. The number of halogens is 3. The van der Waals surface area contributed by atoms with Gasteiger partial charge in [-0.25, -0.2) is 4.39 Å². The van der Waals surface area contributed by atoms with Gasteiger partial charge in [0, 0.05) is 32.8 Å². The van der Waals surface area contributed by atoms with E-state index in [0.29, 0.717) is 49.5 Å². The Bertz CT molecular complexity index is 1530. The summed E-state index contributed by atoms with van der Waals surface area (Å²) in [6.45, 7) is 6.23. The molecule has 3 aromatic rings. The van der Waals surface area contributed by atoms with Crippen LogP contribution in [0.3, 0.4) is 0 Å². The number of nitrogens with one attached hydrogen (secondary N) is 3. The number of amides is 2. The summed E-state index contributed by atoms with van der Waals surface area (Å²) < 4.78 is 16.6. The summed E-state index contributed by atoms with van der Waals surface area (Å²) in [4.78, 5) is 28.3. The van der Waals surface area contributed by atoms with Crippen molar-refractivity contribution >= 4 is 57.4 Å². The Morgan fingerprint density at radius 2 is 1.90 bits per heavy atom. The van der Waals surface area contributed by atoms with Gasteiger partial charge in [0.05, 0.1) is 17.7 Å². The van der Waals surface area contributed by atoms with Gasteiger partial charge in [0.25, 0.3) is 0 Å². The zero-order chi connectivity index (χ0) is 28.8. The Hall–Kier alpha value is -3.00. The van der Waals surface area contributed by atoms with Gasteiger partial charge in [0.15, 0.2) is 0 Å². The first-order valence-corrected chi connectivity index (χ1v) is 14.9. The van der Waals surface area contributed by atoms with E-state index in [4.69, 9.17) is 16.9 Å². The number of carbonyl (C=O) groups is 2. The molecule has 0 aromatic heterocycles. The zero-order valence-corrected chi connectivity index (χ0v) is 25.2. The quantitative estimate of drug-likeness (QED) is 0.209. The van der Waals surface area contributed by atoms with Crippen molar-refractivity contribution in [3.05, 3.63) is 93.8 Å². The van der Waals surface area contributed by atoms with E-state index in [9.17, 15) is 9.59 Å². The number of nitriles is 1. The number of hydrogen-bond acceptors (Lipinski definition) is 4. The van der Waals surface area contributed by atoms with Gasteiger partial charge in [0.2, 0.25) is 11.8 Å². The number of benzene rings is 3. The molecule has 3 aromatic carbocycles. The molecule has 40 heavy (non-hydrogen) atoms. The summed E-state index contributed by atoms with van der Waals surface area (Å²) >= 11 is 8.42. The van der Waals surface area contributed by atoms with Crippen molar-refractivity contribution in [3.63, 3.8) is 0 Å². The summed E-state index contributed by atoms with van der Waals surface area (Å²) in [5, 5.41) is 19.1. The van der Waals surface area contributed by atoms with Crippen LogP contribution in [0.4, 0.5) is 15.8 Å². The highest BCUT2D eigenvalue weighted by molar-refractivity contribution is 14.1. The third-order valence-corrected chi connectivity index (χ3v) is 8.83. The lowest BCUT2D eigenvalue weighted by Crippen LogP contribution is -2.49. The van der Waals surface area contributed by atoms with Crippen LogP contribution in [0, 0.1) is 22.6 Å². The van der Waals surface area contributed by atoms with Gasteiger partial charge in [-0.3, -0.25) is 9.59 Å². The average molecular weight is 671 g/mol. The number of fused-ring (bicyclic) bond motifs is 2. The topological polar surface area (TPSA) is 94.0 Å². The molecule has 4 atom stereocenters. The molecule has 1 saturated heterocycles. The molecule has 2 aliphatic rings. The number of nitrogens with zero attached hydrogens (tertiary/aromatic N) is 1. The minimum Gasteiger partial charge on any atom is -0.325 e. The van der Waals surface area contributed by atoms with Crippen LogP contribution in [0.25, 0.3) is 0 Å². The van der Waals surface area contributed by atoms with Crippen molar-refractivity contribution in [2.45, 2.75) is 55.0 Å². The maximum absolute atomic E-state index is 16.2. The number of anilines is 2. The predicted octanol–water partition coefficient (Wildman–Crippen LogP) is 6.67. The fourth-order valence-corrected chi connectivity index (χ4v) is 6.94. The molecule has 2 heterocycles. The fraction of sp³-hybridized carbons (Fsp3) is 0.323. The van der Waals surface area contributed by atoms with Crippen LogP contribution in [0.2, 0.25) is 5.02 Å². The second-order valence-corrected chi connectivity index (χ2v) is 12.8. The van der Waals surface area contributed by atoms with Gasteiger partial charge in [-0.1, -0.05) is 79.2 Å². The van der Waals surface area contributed by atoms with Gasteiger partial charge < -0.3 is 16.0 Å². The van der Waals surface area contributed by atoms with E-state index in [2.05, 4.69) is 65.4 Å². The van der Waals surface area contributed by atoms with Gasteiger partial charge in [-0.2, -0.15) is 5.26 Å². The highest BCUT2D eigenvalue weighted by atomic mass is 127. The molecule has 0 bridgehead atoms. The minimum atomic E-state index is -1.27. The molecule has 6 nitrogen and oxygen atoms in total. The molecule has 5 rings (SSSR count). The summed E-state index contributed by atoms with van der Waals surface area (Å²) in [5.74, 6) is -1.95. The van der Waals surface area contributed by atoms with Crippen molar-refractivity contribution in [2.75, 3.05) is 10.6 Å². The standard InChI is InChI=1S/C31H29ClFIN4O2/c1-30(2,3)14-24-31(22-12-9-19(32)13-23(22)37-29(31)40)25(21-6-4-5-18(15-34)26(21)33)27(38-24)28(39)36-20-10-7-17(16-35)8-11-20/h4-13,24-25,27,38H,14-15H2,1-3H3,(H,36,39)(H,37,40)/t24-,25-,27+,31+/m0/s1. The Kier molecular flexibility index (Phi) is 7.68. The van der Waals surface area contributed by atoms with Crippen LogP contribution in [-0.4, -0.2) is 23.9 Å². The first-order chi connectivity index (χ1) is 19.0. The van der Waals surface area contributed by atoms with Crippen LogP contribution in [-0.2, 0) is 19.4 Å². The van der Waals surface area contributed by atoms with Crippen molar-refractivity contribution in [1.29, 1.82) is 5.26 Å².